The minimum Gasteiger partial charge on any atom is -0.394 e. The Morgan fingerprint density at radius 1 is 1.33 bits per heavy atom. The summed E-state index contributed by atoms with van der Waals surface area (Å²) in [5, 5.41) is 28.8. The molecular formula is C12H13N3O6. The number of pyridine rings is 1. The molecule has 0 spiro atoms. The maximum atomic E-state index is 12.0. The average Bonchev–Trinajstić information content (AvgIpc) is 2.75. The van der Waals surface area contributed by atoms with Gasteiger partial charge in [0, 0.05) is 18.5 Å². The fourth-order valence-corrected chi connectivity index (χ4v) is 2.34. The molecule has 4 atom stereocenters. The summed E-state index contributed by atoms with van der Waals surface area (Å²) in [5.74, 6) is 0. The number of rotatable bonds is 2. The predicted molar refractivity (Wildman–Crippen MR) is 69.6 cm³/mol. The number of hydrogen-bond donors (Lipinski definition) is 4. The third-order valence-electron chi connectivity index (χ3n) is 3.46. The van der Waals surface area contributed by atoms with E-state index < -0.39 is 36.8 Å². The molecule has 0 amide bonds. The van der Waals surface area contributed by atoms with Gasteiger partial charge in [0.25, 0.3) is 0 Å². The summed E-state index contributed by atoms with van der Waals surface area (Å²) in [5.41, 5.74) is -0.980. The van der Waals surface area contributed by atoms with E-state index in [1.54, 1.807) is 0 Å². The van der Waals surface area contributed by atoms with Crippen molar-refractivity contribution in [1.82, 2.24) is 14.5 Å². The molecule has 112 valence electrons. The topological polar surface area (TPSA) is 138 Å². The van der Waals surface area contributed by atoms with E-state index in [0.29, 0.717) is 0 Å². The Hall–Kier alpha value is -2.07. The number of nitrogens with one attached hydrogen (secondary N) is 1. The Bertz CT molecular complexity index is 784. The van der Waals surface area contributed by atoms with Crippen molar-refractivity contribution in [2.45, 2.75) is 24.5 Å². The molecule has 3 rings (SSSR count). The molecule has 1 aliphatic heterocycles. The van der Waals surface area contributed by atoms with Gasteiger partial charge in [-0.1, -0.05) is 0 Å². The average molecular weight is 295 g/mol. The molecule has 1 saturated heterocycles. The third-order valence-corrected chi connectivity index (χ3v) is 3.46. The molecule has 0 aromatic carbocycles. The second-order valence-electron chi connectivity index (χ2n) is 4.76. The molecule has 3 heterocycles. The molecule has 1 fully saturated rings. The van der Waals surface area contributed by atoms with E-state index in [4.69, 9.17) is 9.84 Å². The standard InChI is InChI=1S/C12H13N3O6/c16-4-7-8(18)9(19)11(21-7)15-3-5-6(17)1-2-13-10(5)14-12(15)20/h1-3,7-9,11,16,18-19H,4H2,(H,13,14,20). The van der Waals surface area contributed by atoms with Gasteiger partial charge in [-0.15, -0.1) is 0 Å². The molecule has 9 heteroatoms. The highest BCUT2D eigenvalue weighted by atomic mass is 16.6. The summed E-state index contributed by atoms with van der Waals surface area (Å²) in [6, 6.07) is 1.27. The second-order valence-corrected chi connectivity index (χ2v) is 4.76. The van der Waals surface area contributed by atoms with Crippen LogP contribution < -0.4 is 11.1 Å². The minimum atomic E-state index is -1.41. The number of hydrogen-bond acceptors (Lipinski definition) is 7. The van der Waals surface area contributed by atoms with Gasteiger partial charge in [0.1, 0.15) is 24.0 Å². The summed E-state index contributed by atoms with van der Waals surface area (Å²) in [7, 11) is 0. The van der Waals surface area contributed by atoms with E-state index in [0.717, 1.165) is 4.57 Å². The van der Waals surface area contributed by atoms with Gasteiger partial charge in [0.2, 0.25) is 0 Å². The lowest BCUT2D eigenvalue weighted by Crippen LogP contribution is -2.36. The van der Waals surface area contributed by atoms with Gasteiger partial charge in [-0.25, -0.2) is 4.79 Å². The van der Waals surface area contributed by atoms with Crippen LogP contribution in [0.2, 0.25) is 0 Å². The number of aliphatic hydroxyl groups is 3. The molecule has 2 aromatic heterocycles. The van der Waals surface area contributed by atoms with Crippen molar-refractivity contribution in [3.05, 3.63) is 39.2 Å². The Labute approximate surface area is 117 Å². The lowest BCUT2D eigenvalue weighted by atomic mass is 10.1. The van der Waals surface area contributed by atoms with Crippen LogP contribution in [-0.4, -0.2) is 54.8 Å². The number of aromatic amines is 1. The quantitative estimate of drug-likeness (QED) is 0.488. The Kier molecular flexibility index (Phi) is 3.33. The van der Waals surface area contributed by atoms with Gasteiger partial charge in [0.05, 0.1) is 12.0 Å². The molecule has 4 N–H and O–H groups in total. The van der Waals surface area contributed by atoms with Crippen molar-refractivity contribution in [3.8, 4) is 0 Å². The van der Waals surface area contributed by atoms with E-state index in [1.807, 2.05) is 0 Å². The largest absolute Gasteiger partial charge is 0.394 e. The Morgan fingerprint density at radius 2 is 2.10 bits per heavy atom. The van der Waals surface area contributed by atoms with Crippen molar-refractivity contribution in [2.24, 2.45) is 0 Å². The smallest absolute Gasteiger partial charge is 0.351 e. The highest BCUT2D eigenvalue weighted by Gasteiger charge is 2.43. The van der Waals surface area contributed by atoms with E-state index >= 15 is 0 Å². The van der Waals surface area contributed by atoms with E-state index in [2.05, 4.69) is 9.97 Å². The molecule has 2 aromatic rings. The van der Waals surface area contributed by atoms with Gasteiger partial charge in [-0.2, -0.15) is 4.98 Å². The number of H-pyrrole nitrogens is 1. The first-order valence-electron chi connectivity index (χ1n) is 6.26. The fourth-order valence-electron chi connectivity index (χ4n) is 2.34. The highest BCUT2D eigenvalue weighted by Crippen LogP contribution is 2.28. The molecule has 0 saturated carbocycles. The number of fused-ring (bicyclic) bond motifs is 1. The van der Waals surface area contributed by atoms with Crippen LogP contribution in [0.25, 0.3) is 11.0 Å². The number of aromatic nitrogens is 3. The van der Waals surface area contributed by atoms with Crippen LogP contribution in [0, 0.1) is 0 Å². The highest BCUT2D eigenvalue weighted by molar-refractivity contribution is 5.72. The molecule has 4 unspecified atom stereocenters. The second kappa shape index (κ2) is 5.04. The van der Waals surface area contributed by atoms with Crippen LogP contribution in [0.1, 0.15) is 6.23 Å². The first-order valence-corrected chi connectivity index (χ1v) is 6.26. The molecular weight excluding hydrogens is 282 g/mol. The predicted octanol–water partition coefficient (Wildman–Crippen LogP) is -2.30. The molecule has 0 radical (unpaired) electrons. The lowest BCUT2D eigenvalue weighted by molar-refractivity contribution is -0.0547. The summed E-state index contributed by atoms with van der Waals surface area (Å²) >= 11 is 0. The van der Waals surface area contributed by atoms with E-state index in [-0.39, 0.29) is 16.5 Å². The van der Waals surface area contributed by atoms with Gasteiger partial charge >= 0.3 is 5.69 Å². The third kappa shape index (κ3) is 2.16. The van der Waals surface area contributed by atoms with Gasteiger partial charge in [-0.05, 0) is 0 Å². The van der Waals surface area contributed by atoms with Crippen LogP contribution in [0.4, 0.5) is 0 Å². The van der Waals surface area contributed by atoms with Crippen LogP contribution >= 0.6 is 0 Å². The van der Waals surface area contributed by atoms with Crippen molar-refractivity contribution in [2.75, 3.05) is 6.61 Å². The maximum Gasteiger partial charge on any atom is 0.351 e. The summed E-state index contributed by atoms with van der Waals surface area (Å²) in [6.07, 6.45) is -2.40. The van der Waals surface area contributed by atoms with Crippen LogP contribution in [0.3, 0.4) is 0 Å². The van der Waals surface area contributed by atoms with Crippen molar-refractivity contribution < 1.29 is 20.1 Å². The normalized spacial score (nSPS) is 29.1. The van der Waals surface area contributed by atoms with E-state index in [9.17, 15) is 19.8 Å². The zero-order valence-corrected chi connectivity index (χ0v) is 10.7. The number of aliphatic hydroxyl groups excluding tert-OH is 3. The zero-order valence-electron chi connectivity index (χ0n) is 10.7. The lowest BCUT2D eigenvalue weighted by Gasteiger charge is -2.17. The Morgan fingerprint density at radius 3 is 2.76 bits per heavy atom. The monoisotopic (exact) mass is 295 g/mol. The minimum absolute atomic E-state index is 0.121. The SMILES string of the molecule is O=c1cc[nH]c2nc(=O)n(C3OC(CO)C(O)C3O)cc12. The molecule has 0 bridgehead atoms. The van der Waals surface area contributed by atoms with Crippen molar-refractivity contribution >= 4 is 11.0 Å². The summed E-state index contributed by atoms with van der Waals surface area (Å²) < 4.78 is 6.18. The van der Waals surface area contributed by atoms with Gasteiger partial charge in [0.15, 0.2) is 11.7 Å². The van der Waals surface area contributed by atoms with Crippen molar-refractivity contribution in [3.63, 3.8) is 0 Å². The van der Waals surface area contributed by atoms with Gasteiger partial charge < -0.3 is 25.0 Å². The molecule has 1 aliphatic rings. The first kappa shape index (κ1) is 13.9. The number of nitrogens with zero attached hydrogens (tertiary/aromatic N) is 2. The van der Waals surface area contributed by atoms with Crippen LogP contribution in [0.15, 0.2) is 28.0 Å². The summed E-state index contributed by atoms with van der Waals surface area (Å²) in [6.45, 7) is -0.509. The zero-order chi connectivity index (χ0) is 15.1. The number of ether oxygens (including phenoxy) is 1. The first-order chi connectivity index (χ1) is 10.0. The van der Waals surface area contributed by atoms with Crippen LogP contribution in [0.5, 0.6) is 0 Å². The van der Waals surface area contributed by atoms with E-state index in [1.165, 1.54) is 18.5 Å². The molecule has 9 nitrogen and oxygen atoms in total. The maximum absolute atomic E-state index is 12.0. The fraction of sp³-hybridized carbons (Fsp3) is 0.417. The van der Waals surface area contributed by atoms with Crippen molar-refractivity contribution in [1.29, 1.82) is 0 Å². The molecule has 0 aliphatic carbocycles. The molecule has 21 heavy (non-hydrogen) atoms. The summed E-state index contributed by atoms with van der Waals surface area (Å²) in [4.78, 5) is 30.1. The van der Waals surface area contributed by atoms with Gasteiger partial charge in [-0.3, -0.25) is 9.36 Å². The van der Waals surface area contributed by atoms with Crippen LogP contribution in [-0.2, 0) is 4.74 Å². The Balaban J connectivity index is 2.13.